The fraction of sp³-hybridized carbons (Fsp3) is 0.222. The monoisotopic (exact) mass is 497 g/mol. The van der Waals surface area contributed by atoms with E-state index < -0.39 is 23.1 Å². The molecular weight excluding hydrogens is 475 g/mol. The lowest BCUT2D eigenvalue weighted by molar-refractivity contribution is -0.154. The van der Waals surface area contributed by atoms with Crippen LogP contribution in [0.2, 0.25) is 0 Å². The van der Waals surface area contributed by atoms with Crippen LogP contribution in [-0.4, -0.2) is 18.7 Å². The second-order valence-corrected chi connectivity index (χ2v) is 8.39. The molecule has 0 fully saturated rings. The minimum absolute atomic E-state index is 0.00987. The molecule has 4 aromatic rings. The normalized spacial score (nSPS) is 14.7. The van der Waals surface area contributed by atoms with Gasteiger partial charge >= 0.3 is 6.18 Å². The zero-order valence-corrected chi connectivity index (χ0v) is 19.5. The molecule has 1 aromatic heterocycles. The Morgan fingerprint density at radius 2 is 1.75 bits per heavy atom. The molecule has 0 radical (unpaired) electrons. The van der Waals surface area contributed by atoms with Gasteiger partial charge in [0.2, 0.25) is 11.2 Å². The highest BCUT2D eigenvalue weighted by Crippen LogP contribution is 2.41. The lowest BCUT2D eigenvalue weighted by Crippen LogP contribution is -2.34. The molecule has 1 unspecified atom stereocenters. The number of halogens is 3. The summed E-state index contributed by atoms with van der Waals surface area (Å²) in [6, 6.07) is 18.5. The molecule has 186 valence electrons. The summed E-state index contributed by atoms with van der Waals surface area (Å²) in [5, 5.41) is -0.0301. The summed E-state index contributed by atoms with van der Waals surface area (Å²) < 4.78 is 64.0. The summed E-state index contributed by atoms with van der Waals surface area (Å²) in [7, 11) is 1.41. The van der Waals surface area contributed by atoms with Gasteiger partial charge in [0, 0.05) is 18.7 Å². The fourth-order valence-corrected chi connectivity index (χ4v) is 4.22. The largest absolute Gasteiger partial charge is 0.497 e. The Kier molecular flexibility index (Phi) is 6.09. The first-order valence-corrected chi connectivity index (χ1v) is 11.2. The summed E-state index contributed by atoms with van der Waals surface area (Å²) in [6.07, 6.45) is -4.98. The van der Waals surface area contributed by atoms with Crippen molar-refractivity contribution in [3.63, 3.8) is 0 Å². The second-order valence-electron chi connectivity index (χ2n) is 8.39. The van der Waals surface area contributed by atoms with Crippen molar-refractivity contribution >= 4 is 11.0 Å². The van der Waals surface area contributed by atoms with Crippen LogP contribution in [0.25, 0.3) is 11.0 Å². The van der Waals surface area contributed by atoms with Crippen molar-refractivity contribution in [1.29, 1.82) is 0 Å². The summed E-state index contributed by atoms with van der Waals surface area (Å²) in [4.78, 5) is 15.3. The maximum atomic E-state index is 14.1. The van der Waals surface area contributed by atoms with Gasteiger partial charge in [-0.1, -0.05) is 36.4 Å². The average Bonchev–Trinajstić information content (AvgIpc) is 2.89. The maximum Gasteiger partial charge on any atom is 0.453 e. The van der Waals surface area contributed by atoms with Crippen LogP contribution in [0.4, 0.5) is 13.2 Å². The molecule has 0 amide bonds. The van der Waals surface area contributed by atoms with Crippen LogP contribution in [-0.2, 0) is 12.7 Å². The third-order valence-corrected chi connectivity index (χ3v) is 6.17. The van der Waals surface area contributed by atoms with Crippen LogP contribution in [0.15, 0.2) is 75.9 Å². The molecule has 0 spiro atoms. The summed E-state index contributed by atoms with van der Waals surface area (Å²) >= 11 is 0. The number of hydrogen-bond acceptors (Lipinski definition) is 6. The molecule has 36 heavy (non-hydrogen) atoms. The standard InChI is InChI=1S/C27H22F3NO5/c1-16(17-7-4-3-5-8-17)31-14-21-22(34-15-31)12-11-20-23(32)25(26(27(28,29)30)36-24(20)21)35-19-10-6-9-18(13-19)33-2/h3-13,16H,14-15H2,1-2H3. The summed E-state index contributed by atoms with van der Waals surface area (Å²) in [5.74, 6) is -1.70. The van der Waals surface area contributed by atoms with Crippen molar-refractivity contribution < 1.29 is 31.8 Å². The highest BCUT2D eigenvalue weighted by molar-refractivity contribution is 5.84. The van der Waals surface area contributed by atoms with Gasteiger partial charge in [-0.3, -0.25) is 9.69 Å². The van der Waals surface area contributed by atoms with E-state index in [0.29, 0.717) is 17.1 Å². The van der Waals surface area contributed by atoms with Gasteiger partial charge in [0.15, 0.2) is 0 Å². The number of fused-ring (bicyclic) bond motifs is 3. The molecule has 2 heterocycles. The van der Waals surface area contributed by atoms with E-state index in [2.05, 4.69) is 0 Å². The number of alkyl halides is 3. The van der Waals surface area contributed by atoms with Crippen molar-refractivity contribution in [2.75, 3.05) is 13.8 Å². The molecule has 5 rings (SSSR count). The highest BCUT2D eigenvalue weighted by Gasteiger charge is 2.41. The molecule has 6 nitrogen and oxygen atoms in total. The number of nitrogens with zero attached hydrogens (tertiary/aromatic N) is 1. The molecule has 0 N–H and O–H groups in total. The third kappa shape index (κ3) is 4.37. The SMILES string of the molecule is COc1cccc(Oc2c(C(F)(F)F)oc3c4c(ccc3c2=O)OCN(C(C)c2ccccc2)C4)c1. The highest BCUT2D eigenvalue weighted by atomic mass is 19.4. The summed E-state index contributed by atoms with van der Waals surface area (Å²) in [6.45, 7) is 2.45. The predicted molar refractivity (Wildman–Crippen MR) is 126 cm³/mol. The van der Waals surface area contributed by atoms with Crippen LogP contribution in [0.5, 0.6) is 23.0 Å². The minimum Gasteiger partial charge on any atom is -0.497 e. The first-order chi connectivity index (χ1) is 17.3. The van der Waals surface area contributed by atoms with Gasteiger partial charge in [-0.05, 0) is 36.8 Å². The van der Waals surface area contributed by atoms with Crippen molar-refractivity contribution in [2.45, 2.75) is 25.7 Å². The van der Waals surface area contributed by atoms with Crippen LogP contribution in [0.1, 0.15) is 29.9 Å². The Hall–Kier alpha value is -3.98. The molecule has 0 aliphatic carbocycles. The van der Waals surface area contributed by atoms with Gasteiger partial charge < -0.3 is 18.6 Å². The van der Waals surface area contributed by atoms with E-state index in [4.69, 9.17) is 18.6 Å². The Morgan fingerprint density at radius 1 is 1.00 bits per heavy atom. The molecule has 0 saturated carbocycles. The molecule has 3 aromatic carbocycles. The van der Waals surface area contributed by atoms with E-state index in [-0.39, 0.29) is 36.0 Å². The smallest absolute Gasteiger partial charge is 0.453 e. The van der Waals surface area contributed by atoms with Crippen LogP contribution >= 0.6 is 0 Å². The van der Waals surface area contributed by atoms with Crippen LogP contribution in [0.3, 0.4) is 0 Å². The van der Waals surface area contributed by atoms with Crippen molar-refractivity contribution in [1.82, 2.24) is 4.90 Å². The second kappa shape index (κ2) is 9.23. The maximum absolute atomic E-state index is 14.1. The predicted octanol–water partition coefficient (Wildman–Crippen LogP) is 6.53. The lowest BCUT2D eigenvalue weighted by Gasteiger charge is -2.34. The third-order valence-electron chi connectivity index (χ3n) is 6.17. The number of rotatable bonds is 5. The van der Waals surface area contributed by atoms with E-state index in [9.17, 15) is 18.0 Å². The Bertz CT molecular complexity index is 1470. The molecular formula is C27H22F3NO5. The van der Waals surface area contributed by atoms with Gasteiger partial charge in [0.05, 0.1) is 18.1 Å². The molecule has 1 aliphatic heterocycles. The van der Waals surface area contributed by atoms with E-state index >= 15 is 0 Å². The van der Waals surface area contributed by atoms with E-state index in [0.717, 1.165) is 5.56 Å². The van der Waals surface area contributed by atoms with Crippen molar-refractivity contribution in [2.24, 2.45) is 0 Å². The molecule has 0 saturated heterocycles. The fourth-order valence-electron chi connectivity index (χ4n) is 4.22. The Morgan fingerprint density at radius 3 is 2.47 bits per heavy atom. The zero-order chi connectivity index (χ0) is 25.4. The van der Waals surface area contributed by atoms with Crippen molar-refractivity contribution in [3.05, 3.63) is 93.8 Å². The van der Waals surface area contributed by atoms with Gasteiger partial charge in [-0.25, -0.2) is 0 Å². The number of hydrogen-bond donors (Lipinski definition) is 0. The average molecular weight is 497 g/mol. The van der Waals surface area contributed by atoms with E-state index in [1.54, 1.807) is 18.2 Å². The number of methoxy groups -OCH3 is 1. The first kappa shape index (κ1) is 23.7. The minimum atomic E-state index is -4.98. The lowest BCUT2D eigenvalue weighted by atomic mass is 10.0. The molecule has 9 heteroatoms. The van der Waals surface area contributed by atoms with E-state index in [1.165, 1.54) is 25.3 Å². The van der Waals surface area contributed by atoms with Crippen LogP contribution < -0.4 is 19.6 Å². The van der Waals surface area contributed by atoms with E-state index in [1.807, 2.05) is 42.2 Å². The topological polar surface area (TPSA) is 61.1 Å². The summed E-state index contributed by atoms with van der Waals surface area (Å²) in [5.41, 5.74) is 0.295. The van der Waals surface area contributed by atoms with Gasteiger partial charge in [-0.2, -0.15) is 13.2 Å². The van der Waals surface area contributed by atoms with Crippen molar-refractivity contribution in [3.8, 4) is 23.0 Å². The first-order valence-electron chi connectivity index (χ1n) is 11.2. The number of ether oxygens (including phenoxy) is 3. The molecule has 0 bridgehead atoms. The van der Waals surface area contributed by atoms with Gasteiger partial charge in [0.25, 0.3) is 5.76 Å². The number of benzene rings is 3. The molecule has 1 aliphatic rings. The van der Waals surface area contributed by atoms with Crippen LogP contribution in [0, 0.1) is 0 Å². The quantitative estimate of drug-likeness (QED) is 0.313. The van der Waals surface area contributed by atoms with Gasteiger partial charge in [0.1, 0.15) is 29.6 Å². The zero-order valence-electron chi connectivity index (χ0n) is 19.5. The molecule has 1 atom stereocenters. The Balaban J connectivity index is 1.61. The Labute approximate surface area is 204 Å². The van der Waals surface area contributed by atoms with Gasteiger partial charge in [-0.15, -0.1) is 0 Å².